The van der Waals surface area contributed by atoms with Gasteiger partial charge in [0, 0.05) is 0 Å². The van der Waals surface area contributed by atoms with Crippen molar-refractivity contribution in [3.63, 3.8) is 0 Å². The number of ether oxygens (including phenoxy) is 2. The van der Waals surface area contributed by atoms with Crippen LogP contribution >= 0.6 is 0 Å². The lowest BCUT2D eigenvalue weighted by atomic mass is 10.1. The van der Waals surface area contributed by atoms with E-state index in [1.165, 1.54) is 6.07 Å². The normalized spacial score (nSPS) is 15.1. The van der Waals surface area contributed by atoms with E-state index in [4.69, 9.17) is 4.74 Å². The zero-order chi connectivity index (χ0) is 12.4. The standard InChI is InChI=1S/C13H16F2O2/c1-8-3-6-11(17-13(14)15)12(9(8)2)16-7-10-4-5-10/h3,6,10,13H,4-5,7H2,1-2H3. The topological polar surface area (TPSA) is 18.5 Å². The molecule has 0 atom stereocenters. The second-order valence-corrected chi connectivity index (χ2v) is 4.47. The van der Waals surface area contributed by atoms with Gasteiger partial charge in [-0.05, 0) is 49.8 Å². The van der Waals surface area contributed by atoms with Crippen LogP contribution in [0.4, 0.5) is 8.78 Å². The third-order valence-corrected chi connectivity index (χ3v) is 3.02. The Morgan fingerprint density at radius 2 is 2.00 bits per heavy atom. The molecule has 0 unspecified atom stereocenters. The molecule has 0 spiro atoms. The molecular weight excluding hydrogens is 226 g/mol. The number of halogens is 2. The lowest BCUT2D eigenvalue weighted by molar-refractivity contribution is -0.0515. The zero-order valence-electron chi connectivity index (χ0n) is 10.0. The summed E-state index contributed by atoms with van der Waals surface area (Å²) in [6, 6.07) is 3.30. The maximum Gasteiger partial charge on any atom is 0.387 e. The Kier molecular flexibility index (Phi) is 3.50. The van der Waals surface area contributed by atoms with Gasteiger partial charge in [0.1, 0.15) is 0 Å². The number of hydrogen-bond donors (Lipinski definition) is 0. The summed E-state index contributed by atoms with van der Waals surface area (Å²) in [5, 5.41) is 0. The monoisotopic (exact) mass is 242 g/mol. The fourth-order valence-electron chi connectivity index (χ4n) is 1.62. The van der Waals surface area contributed by atoms with Crippen LogP contribution in [-0.2, 0) is 0 Å². The zero-order valence-corrected chi connectivity index (χ0v) is 10.0. The molecule has 1 fully saturated rings. The first-order valence-electron chi connectivity index (χ1n) is 5.75. The van der Waals surface area contributed by atoms with Crippen LogP contribution in [-0.4, -0.2) is 13.2 Å². The average Bonchev–Trinajstić information content (AvgIpc) is 3.06. The molecule has 17 heavy (non-hydrogen) atoms. The minimum Gasteiger partial charge on any atom is -0.489 e. The molecule has 2 rings (SSSR count). The van der Waals surface area contributed by atoms with Crippen molar-refractivity contribution in [1.82, 2.24) is 0 Å². The predicted octanol–water partition coefficient (Wildman–Crippen LogP) is 3.69. The summed E-state index contributed by atoms with van der Waals surface area (Å²) < 4.78 is 34.6. The van der Waals surface area contributed by atoms with Crippen molar-refractivity contribution in [2.45, 2.75) is 33.3 Å². The van der Waals surface area contributed by atoms with E-state index in [1.807, 2.05) is 13.8 Å². The van der Waals surface area contributed by atoms with Gasteiger partial charge in [-0.15, -0.1) is 0 Å². The first-order chi connectivity index (χ1) is 8.08. The molecule has 1 aliphatic rings. The minimum absolute atomic E-state index is 0.128. The van der Waals surface area contributed by atoms with Crippen molar-refractivity contribution in [3.05, 3.63) is 23.3 Å². The van der Waals surface area contributed by atoms with E-state index in [-0.39, 0.29) is 5.75 Å². The number of benzene rings is 1. The molecule has 0 bridgehead atoms. The smallest absolute Gasteiger partial charge is 0.387 e. The van der Waals surface area contributed by atoms with Gasteiger partial charge in [-0.3, -0.25) is 0 Å². The quantitative estimate of drug-likeness (QED) is 0.784. The molecule has 1 aliphatic carbocycles. The highest BCUT2D eigenvalue weighted by atomic mass is 19.3. The highest BCUT2D eigenvalue weighted by Gasteiger charge is 2.23. The summed E-state index contributed by atoms with van der Waals surface area (Å²) in [7, 11) is 0. The Morgan fingerprint density at radius 1 is 1.29 bits per heavy atom. The van der Waals surface area contributed by atoms with Gasteiger partial charge in [-0.1, -0.05) is 6.07 Å². The number of aryl methyl sites for hydroxylation is 1. The van der Waals surface area contributed by atoms with Crippen LogP contribution in [0.3, 0.4) is 0 Å². The van der Waals surface area contributed by atoms with Crippen LogP contribution in [0.25, 0.3) is 0 Å². The molecule has 2 nitrogen and oxygen atoms in total. The van der Waals surface area contributed by atoms with Crippen molar-refractivity contribution in [1.29, 1.82) is 0 Å². The Balaban J connectivity index is 2.19. The fourth-order valence-corrected chi connectivity index (χ4v) is 1.62. The van der Waals surface area contributed by atoms with Crippen LogP contribution in [0.15, 0.2) is 12.1 Å². The highest BCUT2D eigenvalue weighted by molar-refractivity contribution is 5.49. The van der Waals surface area contributed by atoms with Gasteiger partial charge in [-0.2, -0.15) is 8.78 Å². The molecule has 94 valence electrons. The lowest BCUT2D eigenvalue weighted by Gasteiger charge is -2.15. The van der Waals surface area contributed by atoms with E-state index in [2.05, 4.69) is 4.74 Å². The SMILES string of the molecule is Cc1ccc(OC(F)F)c(OCC2CC2)c1C. The van der Waals surface area contributed by atoms with Gasteiger partial charge in [-0.25, -0.2) is 0 Å². The molecule has 1 saturated carbocycles. The molecule has 0 amide bonds. The Morgan fingerprint density at radius 3 is 2.59 bits per heavy atom. The molecular formula is C13H16F2O2. The molecule has 0 radical (unpaired) electrons. The summed E-state index contributed by atoms with van der Waals surface area (Å²) in [5.74, 6) is 1.16. The predicted molar refractivity (Wildman–Crippen MR) is 60.8 cm³/mol. The summed E-state index contributed by atoms with van der Waals surface area (Å²) in [6.45, 7) is 1.55. The van der Waals surface area contributed by atoms with Crippen molar-refractivity contribution in [2.24, 2.45) is 5.92 Å². The van der Waals surface area contributed by atoms with Crippen LogP contribution in [0.2, 0.25) is 0 Å². The molecule has 0 N–H and O–H groups in total. The number of alkyl halides is 2. The first-order valence-corrected chi connectivity index (χ1v) is 5.75. The highest BCUT2D eigenvalue weighted by Crippen LogP contribution is 2.36. The average molecular weight is 242 g/mol. The van der Waals surface area contributed by atoms with E-state index in [0.29, 0.717) is 18.3 Å². The summed E-state index contributed by atoms with van der Waals surface area (Å²) >= 11 is 0. The van der Waals surface area contributed by atoms with Crippen molar-refractivity contribution in [3.8, 4) is 11.5 Å². The maximum atomic E-state index is 12.3. The molecule has 1 aromatic rings. The van der Waals surface area contributed by atoms with Crippen LogP contribution in [0.1, 0.15) is 24.0 Å². The molecule has 0 saturated heterocycles. The molecule has 0 heterocycles. The van der Waals surface area contributed by atoms with Gasteiger partial charge in [0.25, 0.3) is 0 Å². The van der Waals surface area contributed by atoms with Crippen LogP contribution in [0.5, 0.6) is 11.5 Å². The minimum atomic E-state index is -2.82. The third-order valence-electron chi connectivity index (χ3n) is 3.02. The van der Waals surface area contributed by atoms with Crippen molar-refractivity contribution in [2.75, 3.05) is 6.61 Å². The molecule has 1 aromatic carbocycles. The first kappa shape index (κ1) is 12.1. The molecule has 0 aliphatic heterocycles. The summed E-state index contributed by atoms with van der Waals surface area (Å²) in [6.07, 6.45) is 2.33. The van der Waals surface area contributed by atoms with Gasteiger partial charge < -0.3 is 9.47 Å². The van der Waals surface area contributed by atoms with E-state index in [9.17, 15) is 8.78 Å². The third kappa shape index (κ3) is 3.08. The van der Waals surface area contributed by atoms with E-state index in [1.54, 1.807) is 6.07 Å². The second kappa shape index (κ2) is 4.90. The van der Waals surface area contributed by atoms with Crippen molar-refractivity contribution >= 4 is 0 Å². The Bertz CT molecular complexity index is 401. The largest absolute Gasteiger partial charge is 0.489 e. The fraction of sp³-hybridized carbons (Fsp3) is 0.538. The van der Waals surface area contributed by atoms with E-state index >= 15 is 0 Å². The summed E-state index contributed by atoms with van der Waals surface area (Å²) in [5.41, 5.74) is 1.88. The second-order valence-electron chi connectivity index (χ2n) is 4.47. The molecule has 0 aromatic heterocycles. The van der Waals surface area contributed by atoms with E-state index in [0.717, 1.165) is 24.0 Å². The van der Waals surface area contributed by atoms with Gasteiger partial charge in [0.05, 0.1) is 6.61 Å². The summed E-state index contributed by atoms with van der Waals surface area (Å²) in [4.78, 5) is 0. The van der Waals surface area contributed by atoms with Gasteiger partial charge in [0.15, 0.2) is 11.5 Å². The van der Waals surface area contributed by atoms with Crippen LogP contribution < -0.4 is 9.47 Å². The van der Waals surface area contributed by atoms with Crippen LogP contribution in [0, 0.1) is 19.8 Å². The number of hydrogen-bond acceptors (Lipinski definition) is 2. The van der Waals surface area contributed by atoms with Gasteiger partial charge >= 0.3 is 6.61 Å². The van der Waals surface area contributed by atoms with Crippen molar-refractivity contribution < 1.29 is 18.3 Å². The Labute approximate surface area is 99.5 Å². The van der Waals surface area contributed by atoms with E-state index < -0.39 is 6.61 Å². The van der Waals surface area contributed by atoms with Gasteiger partial charge in [0.2, 0.25) is 0 Å². The Hall–Kier alpha value is -1.32. The lowest BCUT2D eigenvalue weighted by Crippen LogP contribution is -2.07. The maximum absolute atomic E-state index is 12.3. The number of rotatable bonds is 5. The molecule has 4 heteroatoms.